The summed E-state index contributed by atoms with van der Waals surface area (Å²) < 4.78 is 5.43. The Kier molecular flexibility index (Phi) is 9.76. The molecule has 1 aromatic rings. The summed E-state index contributed by atoms with van der Waals surface area (Å²) in [6.45, 7) is 17.2. The highest BCUT2D eigenvalue weighted by Crippen LogP contribution is 2.37. The number of nitrogens with one attached hydrogen (secondary N) is 2. The molecule has 7 nitrogen and oxygen atoms in total. The van der Waals surface area contributed by atoms with Crippen LogP contribution in [0.1, 0.15) is 96.9 Å². The Hall–Kier alpha value is -2.57. The van der Waals surface area contributed by atoms with Crippen LogP contribution in [0.15, 0.2) is 18.2 Å². The van der Waals surface area contributed by atoms with Gasteiger partial charge in [-0.25, -0.2) is 4.79 Å². The summed E-state index contributed by atoms with van der Waals surface area (Å²) in [6, 6.07) is 4.26. The molecule has 1 aliphatic carbocycles. The van der Waals surface area contributed by atoms with E-state index in [-0.39, 0.29) is 29.8 Å². The fraction of sp³-hybridized carbons (Fsp3) is 0.679. The third-order valence-corrected chi connectivity index (χ3v) is 6.38. The smallest absolute Gasteiger partial charge is 0.408 e. The van der Waals surface area contributed by atoms with Crippen LogP contribution < -0.4 is 10.6 Å². The van der Waals surface area contributed by atoms with Crippen molar-refractivity contribution in [1.82, 2.24) is 15.5 Å². The van der Waals surface area contributed by atoms with Crippen LogP contribution in [0.4, 0.5) is 4.79 Å². The van der Waals surface area contributed by atoms with Crippen molar-refractivity contribution in [1.29, 1.82) is 0 Å². The summed E-state index contributed by atoms with van der Waals surface area (Å²) in [6.07, 6.45) is 2.85. The van der Waals surface area contributed by atoms with Gasteiger partial charge in [-0.1, -0.05) is 45.4 Å². The molecule has 35 heavy (non-hydrogen) atoms. The monoisotopic (exact) mass is 487 g/mol. The van der Waals surface area contributed by atoms with Gasteiger partial charge in [-0.2, -0.15) is 0 Å². The van der Waals surface area contributed by atoms with Gasteiger partial charge in [0.1, 0.15) is 17.7 Å². The molecule has 7 heteroatoms. The van der Waals surface area contributed by atoms with Gasteiger partial charge in [0.05, 0.1) is 0 Å². The number of benzene rings is 1. The molecule has 3 atom stereocenters. The molecule has 0 saturated heterocycles. The van der Waals surface area contributed by atoms with E-state index >= 15 is 0 Å². The van der Waals surface area contributed by atoms with Crippen molar-refractivity contribution in [2.75, 3.05) is 0 Å². The first-order valence-corrected chi connectivity index (χ1v) is 12.9. The molecule has 0 heterocycles. The molecule has 196 valence electrons. The fourth-order valence-corrected chi connectivity index (χ4v) is 4.29. The number of rotatable bonds is 10. The molecule has 0 bridgehead atoms. The predicted octanol–water partition coefficient (Wildman–Crippen LogP) is 5.19. The van der Waals surface area contributed by atoms with Crippen LogP contribution in [-0.4, -0.2) is 46.5 Å². The normalized spacial score (nSPS) is 16.3. The summed E-state index contributed by atoms with van der Waals surface area (Å²) in [5.74, 6) is -0.616. The van der Waals surface area contributed by atoms with E-state index in [9.17, 15) is 14.4 Å². The Morgan fingerprint density at radius 1 is 1.09 bits per heavy atom. The number of hydrogen-bond acceptors (Lipinski definition) is 4. The first kappa shape index (κ1) is 28.7. The first-order chi connectivity index (χ1) is 16.3. The largest absolute Gasteiger partial charge is 0.444 e. The van der Waals surface area contributed by atoms with Gasteiger partial charge in [0.15, 0.2) is 0 Å². The van der Waals surface area contributed by atoms with Gasteiger partial charge in [-0.05, 0) is 83.4 Å². The van der Waals surface area contributed by atoms with Crippen LogP contribution in [0.2, 0.25) is 0 Å². The van der Waals surface area contributed by atoms with Crippen molar-refractivity contribution in [2.45, 2.75) is 118 Å². The fourth-order valence-electron chi connectivity index (χ4n) is 4.29. The third kappa shape index (κ3) is 7.97. The lowest BCUT2D eigenvalue weighted by atomic mass is 9.93. The molecule has 2 N–H and O–H groups in total. The minimum Gasteiger partial charge on any atom is -0.444 e. The second kappa shape index (κ2) is 11.9. The van der Waals surface area contributed by atoms with E-state index in [1.165, 1.54) is 0 Å². The topological polar surface area (TPSA) is 87.7 Å². The van der Waals surface area contributed by atoms with E-state index in [4.69, 9.17) is 4.74 Å². The Labute approximate surface area is 211 Å². The molecule has 0 aromatic heterocycles. The summed E-state index contributed by atoms with van der Waals surface area (Å²) in [4.78, 5) is 42.1. The zero-order valence-corrected chi connectivity index (χ0v) is 23.0. The van der Waals surface area contributed by atoms with Crippen LogP contribution in [0.25, 0.3) is 0 Å². The zero-order valence-electron chi connectivity index (χ0n) is 23.0. The number of alkyl carbamates (subject to hydrolysis) is 1. The molecule has 2 rings (SSSR count). The third-order valence-electron chi connectivity index (χ3n) is 6.38. The molecule has 1 fully saturated rings. The maximum atomic E-state index is 14.1. The maximum absolute atomic E-state index is 14.1. The number of carbonyl (C=O) groups excluding carboxylic acids is 3. The molecule has 0 spiro atoms. The van der Waals surface area contributed by atoms with Crippen molar-refractivity contribution in [3.8, 4) is 0 Å². The maximum Gasteiger partial charge on any atom is 0.408 e. The molecule has 0 aliphatic heterocycles. The van der Waals surface area contributed by atoms with Gasteiger partial charge in [0, 0.05) is 12.1 Å². The second-order valence-corrected chi connectivity index (χ2v) is 11.2. The van der Waals surface area contributed by atoms with Gasteiger partial charge in [0.2, 0.25) is 11.8 Å². The summed E-state index contributed by atoms with van der Waals surface area (Å²) in [7, 11) is 0. The lowest BCUT2D eigenvalue weighted by molar-refractivity contribution is -0.144. The highest BCUT2D eigenvalue weighted by molar-refractivity contribution is 5.93. The van der Waals surface area contributed by atoms with E-state index < -0.39 is 23.8 Å². The van der Waals surface area contributed by atoms with E-state index in [1.807, 2.05) is 52.8 Å². The van der Waals surface area contributed by atoms with Crippen molar-refractivity contribution in [2.24, 2.45) is 5.92 Å². The van der Waals surface area contributed by atoms with Crippen LogP contribution >= 0.6 is 0 Å². The Morgan fingerprint density at radius 2 is 1.71 bits per heavy atom. The molecule has 3 unspecified atom stereocenters. The van der Waals surface area contributed by atoms with Crippen LogP contribution in [0.3, 0.4) is 0 Å². The summed E-state index contributed by atoms with van der Waals surface area (Å²) in [5, 5.41) is 5.92. The quantitative estimate of drug-likeness (QED) is 0.475. The molecule has 0 radical (unpaired) electrons. The molecule has 1 saturated carbocycles. The summed E-state index contributed by atoms with van der Waals surface area (Å²) in [5.41, 5.74) is 2.21. The van der Waals surface area contributed by atoms with Gasteiger partial charge >= 0.3 is 6.09 Å². The average Bonchev–Trinajstić information content (AvgIpc) is 3.55. The van der Waals surface area contributed by atoms with Gasteiger partial charge in [0.25, 0.3) is 0 Å². The standard InChI is InChI=1S/C28H45N3O4/c1-10-12-19(5)29-25(32)24(22-14-11-13-18(4)20(22)6)31(21-15-16-21)26(33)23(17(2)3)30-27(34)35-28(7,8)9/h11,13-14,17,19,21,23-24H,10,12,15-16H2,1-9H3,(H,29,32)(H,30,34). The number of carbonyl (C=O) groups is 3. The molecule has 1 aromatic carbocycles. The van der Waals surface area contributed by atoms with Crippen LogP contribution in [0.5, 0.6) is 0 Å². The molecular formula is C28H45N3O4. The minimum atomic E-state index is -0.807. The van der Waals surface area contributed by atoms with E-state index in [0.29, 0.717) is 0 Å². The lowest BCUT2D eigenvalue weighted by Gasteiger charge is -2.37. The highest BCUT2D eigenvalue weighted by atomic mass is 16.6. The number of ether oxygens (including phenoxy) is 1. The van der Waals surface area contributed by atoms with Crippen LogP contribution in [-0.2, 0) is 14.3 Å². The van der Waals surface area contributed by atoms with Gasteiger partial charge < -0.3 is 20.3 Å². The van der Waals surface area contributed by atoms with Gasteiger partial charge in [-0.3, -0.25) is 9.59 Å². The van der Waals surface area contributed by atoms with E-state index in [0.717, 1.165) is 42.4 Å². The SMILES string of the molecule is CCCC(C)NC(=O)C(c1cccc(C)c1C)N(C(=O)C(NC(=O)OC(C)(C)C)C(C)C)C1CC1. The Bertz CT molecular complexity index is 902. The van der Waals surface area contributed by atoms with Gasteiger partial charge in [-0.15, -0.1) is 0 Å². The molecule has 1 aliphatic rings. The van der Waals surface area contributed by atoms with E-state index in [2.05, 4.69) is 17.6 Å². The predicted molar refractivity (Wildman–Crippen MR) is 139 cm³/mol. The van der Waals surface area contributed by atoms with Crippen molar-refractivity contribution >= 4 is 17.9 Å². The van der Waals surface area contributed by atoms with Crippen molar-refractivity contribution in [3.05, 3.63) is 34.9 Å². The second-order valence-electron chi connectivity index (χ2n) is 11.2. The summed E-state index contributed by atoms with van der Waals surface area (Å²) >= 11 is 0. The molecule has 3 amide bonds. The number of aryl methyl sites for hydroxylation is 1. The highest BCUT2D eigenvalue weighted by Gasteiger charge is 2.45. The van der Waals surface area contributed by atoms with Crippen molar-refractivity contribution < 1.29 is 19.1 Å². The average molecular weight is 488 g/mol. The first-order valence-electron chi connectivity index (χ1n) is 12.9. The Morgan fingerprint density at radius 3 is 2.23 bits per heavy atom. The minimum absolute atomic E-state index is 0.00273. The van der Waals surface area contributed by atoms with E-state index in [1.54, 1.807) is 25.7 Å². The number of nitrogens with zero attached hydrogens (tertiary/aromatic N) is 1. The molecular weight excluding hydrogens is 442 g/mol. The zero-order chi connectivity index (χ0) is 26.5. The number of amides is 3. The van der Waals surface area contributed by atoms with Crippen LogP contribution in [0, 0.1) is 19.8 Å². The lowest BCUT2D eigenvalue weighted by Crippen LogP contribution is -2.56. The Balaban J connectivity index is 2.48. The van der Waals surface area contributed by atoms with Crippen molar-refractivity contribution in [3.63, 3.8) is 0 Å². The number of hydrogen-bond donors (Lipinski definition) is 2.